The van der Waals surface area contributed by atoms with E-state index in [1.807, 2.05) is 30.3 Å². The van der Waals surface area contributed by atoms with Gasteiger partial charge in [0, 0.05) is 18.3 Å². The minimum absolute atomic E-state index is 0.0408. The number of fused-ring (bicyclic) bond motifs is 1. The number of nitrogens with zero attached hydrogens (tertiary/aromatic N) is 1. The number of hydrogen-bond donors (Lipinski definition) is 1. The first-order valence-corrected chi connectivity index (χ1v) is 9.71. The van der Waals surface area contributed by atoms with E-state index >= 15 is 0 Å². The van der Waals surface area contributed by atoms with Gasteiger partial charge in [0.25, 0.3) is 0 Å². The topological polar surface area (TPSA) is 41.6 Å². The third kappa shape index (κ3) is 4.48. The summed E-state index contributed by atoms with van der Waals surface area (Å²) in [5, 5.41) is 2.84. The number of likely N-dealkylation sites (tertiary alicyclic amines) is 1. The third-order valence-corrected chi connectivity index (χ3v) is 5.48. The Morgan fingerprint density at radius 1 is 1.15 bits per heavy atom. The van der Waals surface area contributed by atoms with Gasteiger partial charge in [-0.3, -0.25) is 9.69 Å². The molecule has 0 bridgehead atoms. The molecule has 1 atom stereocenters. The van der Waals surface area contributed by atoms with Crippen LogP contribution in [0.2, 0.25) is 0 Å². The molecule has 1 fully saturated rings. The van der Waals surface area contributed by atoms with Crippen LogP contribution in [-0.4, -0.2) is 36.5 Å². The Morgan fingerprint density at radius 3 is 2.85 bits per heavy atom. The van der Waals surface area contributed by atoms with Crippen LogP contribution in [0.1, 0.15) is 30.4 Å². The molecule has 1 amide bonds. The minimum atomic E-state index is -0.182. The monoisotopic (exact) mass is 368 g/mol. The highest BCUT2D eigenvalue weighted by Gasteiger charge is 2.23. The van der Waals surface area contributed by atoms with E-state index in [-0.39, 0.29) is 11.7 Å². The van der Waals surface area contributed by atoms with E-state index in [4.69, 9.17) is 4.74 Å². The molecule has 142 valence electrons. The molecule has 2 aromatic rings. The number of rotatable bonds is 6. The van der Waals surface area contributed by atoms with Crippen molar-refractivity contribution in [2.75, 3.05) is 25.0 Å². The molecule has 1 N–H and O–H groups in total. The number of hydrogen-bond acceptors (Lipinski definition) is 3. The van der Waals surface area contributed by atoms with E-state index in [1.54, 1.807) is 12.1 Å². The number of piperidine rings is 1. The number of halogens is 1. The molecule has 4 nitrogen and oxygen atoms in total. The summed E-state index contributed by atoms with van der Waals surface area (Å²) in [6.07, 6.45) is 5.01. The summed E-state index contributed by atoms with van der Waals surface area (Å²) in [5.41, 5.74) is 3.08. The number of amides is 1. The fraction of sp³-hybridized carbons (Fsp3) is 0.409. The van der Waals surface area contributed by atoms with Crippen molar-refractivity contribution in [1.82, 2.24) is 4.90 Å². The predicted octanol–water partition coefficient (Wildman–Crippen LogP) is 3.80. The van der Waals surface area contributed by atoms with Crippen LogP contribution in [0.15, 0.2) is 42.5 Å². The number of ether oxygens (including phenoxy) is 1. The normalized spacial score (nSPS) is 19.6. The van der Waals surface area contributed by atoms with Crippen LogP contribution in [0.3, 0.4) is 0 Å². The predicted molar refractivity (Wildman–Crippen MR) is 104 cm³/mol. The first kappa shape index (κ1) is 18.0. The summed E-state index contributed by atoms with van der Waals surface area (Å²) < 4.78 is 19.1. The van der Waals surface area contributed by atoms with E-state index in [9.17, 15) is 9.18 Å². The number of nitrogens with one attached hydrogen (secondary N) is 1. The minimum Gasteiger partial charge on any atom is -0.492 e. The fourth-order valence-electron chi connectivity index (χ4n) is 4.05. The van der Waals surface area contributed by atoms with Gasteiger partial charge in [0.05, 0.1) is 6.42 Å². The highest BCUT2D eigenvalue weighted by molar-refractivity contribution is 5.99. The van der Waals surface area contributed by atoms with Gasteiger partial charge in [-0.2, -0.15) is 0 Å². The highest BCUT2D eigenvalue weighted by atomic mass is 19.1. The Morgan fingerprint density at radius 2 is 2.00 bits per heavy atom. The maximum atomic E-state index is 13.1. The van der Waals surface area contributed by atoms with E-state index in [0.29, 0.717) is 19.1 Å². The zero-order valence-corrected chi connectivity index (χ0v) is 15.4. The SMILES string of the molecule is O=C1Cc2cc(OCCN3CCCCC3Cc3ccc(F)cc3)ccc2N1. The van der Waals surface area contributed by atoms with Crippen LogP contribution in [0.5, 0.6) is 5.75 Å². The van der Waals surface area contributed by atoms with Crippen molar-refractivity contribution < 1.29 is 13.9 Å². The molecule has 2 aliphatic heterocycles. The maximum Gasteiger partial charge on any atom is 0.228 e. The smallest absolute Gasteiger partial charge is 0.228 e. The zero-order valence-electron chi connectivity index (χ0n) is 15.4. The molecule has 0 spiro atoms. The Balaban J connectivity index is 1.31. The van der Waals surface area contributed by atoms with Crippen LogP contribution in [0.4, 0.5) is 10.1 Å². The molecule has 27 heavy (non-hydrogen) atoms. The fourth-order valence-corrected chi connectivity index (χ4v) is 4.05. The van der Waals surface area contributed by atoms with Crippen LogP contribution in [-0.2, 0) is 17.6 Å². The molecular weight excluding hydrogens is 343 g/mol. The molecule has 1 unspecified atom stereocenters. The molecule has 0 aliphatic carbocycles. The lowest BCUT2D eigenvalue weighted by Crippen LogP contribution is -2.43. The van der Waals surface area contributed by atoms with E-state index < -0.39 is 0 Å². The van der Waals surface area contributed by atoms with Gasteiger partial charge in [0.1, 0.15) is 18.2 Å². The second-order valence-corrected chi connectivity index (χ2v) is 7.41. The summed E-state index contributed by atoms with van der Waals surface area (Å²) in [7, 11) is 0. The highest BCUT2D eigenvalue weighted by Crippen LogP contribution is 2.27. The Bertz CT molecular complexity index is 806. The second-order valence-electron chi connectivity index (χ2n) is 7.41. The molecule has 0 saturated carbocycles. The number of carbonyl (C=O) groups is 1. The van der Waals surface area contributed by atoms with Crippen molar-refractivity contribution >= 4 is 11.6 Å². The van der Waals surface area contributed by atoms with Gasteiger partial charge in [-0.05, 0) is 67.3 Å². The van der Waals surface area contributed by atoms with Crippen molar-refractivity contribution in [1.29, 1.82) is 0 Å². The van der Waals surface area contributed by atoms with E-state index in [1.165, 1.54) is 24.8 Å². The Hall–Kier alpha value is -2.40. The van der Waals surface area contributed by atoms with Crippen molar-refractivity contribution in [2.24, 2.45) is 0 Å². The number of benzene rings is 2. The second kappa shape index (κ2) is 8.09. The lowest BCUT2D eigenvalue weighted by atomic mass is 9.95. The third-order valence-electron chi connectivity index (χ3n) is 5.48. The molecule has 5 heteroatoms. The quantitative estimate of drug-likeness (QED) is 0.843. The summed E-state index contributed by atoms with van der Waals surface area (Å²) in [4.78, 5) is 13.9. The van der Waals surface area contributed by atoms with Crippen molar-refractivity contribution in [3.63, 3.8) is 0 Å². The molecule has 2 aromatic carbocycles. The summed E-state index contributed by atoms with van der Waals surface area (Å²) >= 11 is 0. The first-order valence-electron chi connectivity index (χ1n) is 9.71. The lowest BCUT2D eigenvalue weighted by Gasteiger charge is -2.35. The molecule has 2 aliphatic rings. The van der Waals surface area contributed by atoms with E-state index in [2.05, 4.69) is 10.2 Å². The van der Waals surface area contributed by atoms with Crippen LogP contribution in [0.25, 0.3) is 0 Å². The van der Waals surface area contributed by atoms with Gasteiger partial charge < -0.3 is 10.1 Å². The number of carbonyl (C=O) groups excluding carboxylic acids is 1. The van der Waals surface area contributed by atoms with Gasteiger partial charge in [-0.15, -0.1) is 0 Å². The maximum absolute atomic E-state index is 13.1. The van der Waals surface area contributed by atoms with Crippen LogP contribution in [0, 0.1) is 5.82 Å². The van der Waals surface area contributed by atoms with Gasteiger partial charge in [-0.1, -0.05) is 18.6 Å². The average molecular weight is 368 g/mol. The molecule has 4 rings (SSSR count). The Labute approximate surface area is 159 Å². The Kier molecular flexibility index (Phi) is 5.39. The molecular formula is C22H25FN2O2. The van der Waals surface area contributed by atoms with Gasteiger partial charge in [-0.25, -0.2) is 4.39 Å². The van der Waals surface area contributed by atoms with Gasteiger partial charge in [0.2, 0.25) is 5.91 Å². The van der Waals surface area contributed by atoms with Crippen molar-refractivity contribution in [2.45, 2.75) is 38.1 Å². The largest absolute Gasteiger partial charge is 0.492 e. The lowest BCUT2D eigenvalue weighted by molar-refractivity contribution is -0.115. The van der Waals surface area contributed by atoms with Crippen molar-refractivity contribution in [3.8, 4) is 5.75 Å². The summed E-state index contributed by atoms with van der Waals surface area (Å²) in [5.74, 6) is 0.676. The van der Waals surface area contributed by atoms with Crippen molar-refractivity contribution in [3.05, 3.63) is 59.4 Å². The number of anilines is 1. The summed E-state index contributed by atoms with van der Waals surface area (Å²) in [6.45, 7) is 2.58. The van der Waals surface area contributed by atoms with E-state index in [0.717, 1.165) is 36.5 Å². The van der Waals surface area contributed by atoms with Gasteiger partial charge in [0.15, 0.2) is 0 Å². The molecule has 2 heterocycles. The van der Waals surface area contributed by atoms with Gasteiger partial charge >= 0.3 is 0 Å². The zero-order chi connectivity index (χ0) is 18.6. The summed E-state index contributed by atoms with van der Waals surface area (Å²) in [6, 6.07) is 13.1. The molecule has 0 radical (unpaired) electrons. The molecule has 1 saturated heterocycles. The first-order chi connectivity index (χ1) is 13.2. The standard InChI is InChI=1S/C22H25FN2O2/c23-18-6-4-16(5-7-18)13-19-3-1-2-10-25(19)11-12-27-20-8-9-21-17(14-20)15-22(26)24-21/h4-9,14,19H,1-3,10-13,15H2,(H,24,26). The molecule has 0 aromatic heterocycles. The van der Waals surface area contributed by atoms with Crippen LogP contribution < -0.4 is 10.1 Å². The van der Waals surface area contributed by atoms with Crippen LogP contribution >= 0.6 is 0 Å². The average Bonchev–Trinajstić information content (AvgIpc) is 3.04.